The first-order chi connectivity index (χ1) is 8.17. The summed E-state index contributed by atoms with van der Waals surface area (Å²) >= 11 is 0. The van der Waals surface area contributed by atoms with E-state index in [1.807, 2.05) is 18.2 Å². The Kier molecular flexibility index (Phi) is 5.29. The van der Waals surface area contributed by atoms with E-state index in [0.29, 0.717) is 12.3 Å². The molecule has 1 aromatic rings. The summed E-state index contributed by atoms with van der Waals surface area (Å²) in [7, 11) is 2.95. The number of nitrogens with two attached hydrogens (primary N) is 1. The van der Waals surface area contributed by atoms with E-state index in [9.17, 15) is 4.79 Å². The maximum atomic E-state index is 11.2. The van der Waals surface area contributed by atoms with Crippen molar-refractivity contribution in [3.63, 3.8) is 0 Å². The van der Waals surface area contributed by atoms with Crippen molar-refractivity contribution < 1.29 is 14.3 Å². The van der Waals surface area contributed by atoms with Crippen molar-refractivity contribution in [1.29, 1.82) is 0 Å². The minimum absolute atomic E-state index is 0.155. The molecule has 0 amide bonds. The van der Waals surface area contributed by atoms with Gasteiger partial charge in [-0.25, -0.2) is 0 Å². The molecule has 0 aliphatic carbocycles. The number of carbonyl (C=O) groups excluding carboxylic acids is 1. The number of benzene rings is 1. The van der Waals surface area contributed by atoms with Crippen molar-refractivity contribution in [2.24, 2.45) is 0 Å². The first kappa shape index (κ1) is 13.3. The molecule has 1 atom stereocenters. The van der Waals surface area contributed by atoms with Gasteiger partial charge in [0.1, 0.15) is 0 Å². The Hall–Kier alpha value is -1.75. The van der Waals surface area contributed by atoms with Crippen LogP contribution >= 0.6 is 0 Å². The number of ether oxygens (including phenoxy) is 2. The lowest BCUT2D eigenvalue weighted by Crippen LogP contribution is -2.28. The first-order valence-corrected chi connectivity index (χ1v) is 5.34. The van der Waals surface area contributed by atoms with Gasteiger partial charge in [0, 0.05) is 7.11 Å². The summed E-state index contributed by atoms with van der Waals surface area (Å²) in [5, 5.41) is 3.16. The molecule has 0 bridgehead atoms. The average molecular weight is 238 g/mol. The monoisotopic (exact) mass is 238 g/mol. The second-order valence-electron chi connectivity index (χ2n) is 3.66. The van der Waals surface area contributed by atoms with Crippen LogP contribution in [0.4, 0.5) is 11.4 Å². The lowest BCUT2D eigenvalue weighted by atomic mass is 10.2. The SMILES string of the molecule is COCC(CC(=O)OC)Nc1ccccc1N. The minimum Gasteiger partial charge on any atom is -0.469 e. The third-order valence-electron chi connectivity index (χ3n) is 2.33. The van der Waals surface area contributed by atoms with Gasteiger partial charge in [0.15, 0.2) is 0 Å². The molecular weight excluding hydrogens is 220 g/mol. The summed E-state index contributed by atoms with van der Waals surface area (Å²) < 4.78 is 9.68. The molecule has 0 aliphatic rings. The largest absolute Gasteiger partial charge is 0.469 e. The highest BCUT2D eigenvalue weighted by Gasteiger charge is 2.14. The Labute approximate surface area is 101 Å². The molecule has 0 heterocycles. The second kappa shape index (κ2) is 6.75. The smallest absolute Gasteiger partial charge is 0.307 e. The van der Waals surface area contributed by atoms with Gasteiger partial charge in [0.25, 0.3) is 0 Å². The third kappa shape index (κ3) is 4.32. The summed E-state index contributed by atoms with van der Waals surface area (Å²) in [6, 6.07) is 7.23. The van der Waals surface area contributed by atoms with Crippen LogP contribution in [-0.2, 0) is 14.3 Å². The van der Waals surface area contributed by atoms with E-state index >= 15 is 0 Å². The molecule has 17 heavy (non-hydrogen) atoms. The number of carbonyl (C=O) groups is 1. The standard InChI is InChI=1S/C12H18N2O3/c1-16-8-9(7-12(15)17-2)14-11-6-4-3-5-10(11)13/h3-6,9,14H,7-8,13H2,1-2H3. The van der Waals surface area contributed by atoms with Gasteiger partial charge in [0.2, 0.25) is 0 Å². The fourth-order valence-corrected chi connectivity index (χ4v) is 1.49. The molecule has 5 nitrogen and oxygen atoms in total. The normalized spacial score (nSPS) is 11.9. The van der Waals surface area contributed by atoms with E-state index in [4.69, 9.17) is 10.5 Å². The van der Waals surface area contributed by atoms with Crippen LogP contribution in [0.25, 0.3) is 0 Å². The van der Waals surface area contributed by atoms with Crippen molar-refractivity contribution in [2.45, 2.75) is 12.5 Å². The maximum Gasteiger partial charge on any atom is 0.307 e. The quantitative estimate of drug-likeness (QED) is 0.576. The van der Waals surface area contributed by atoms with Crippen LogP contribution < -0.4 is 11.1 Å². The van der Waals surface area contributed by atoms with Crippen molar-refractivity contribution in [1.82, 2.24) is 0 Å². The van der Waals surface area contributed by atoms with Crippen LogP contribution in [0.2, 0.25) is 0 Å². The van der Waals surface area contributed by atoms with Crippen molar-refractivity contribution >= 4 is 17.3 Å². The van der Waals surface area contributed by atoms with Crippen molar-refractivity contribution in [3.05, 3.63) is 24.3 Å². The second-order valence-corrected chi connectivity index (χ2v) is 3.66. The van der Waals surface area contributed by atoms with Gasteiger partial charge in [-0.15, -0.1) is 0 Å². The third-order valence-corrected chi connectivity index (χ3v) is 2.33. The molecule has 94 valence electrons. The van der Waals surface area contributed by atoms with Gasteiger partial charge in [-0.3, -0.25) is 4.79 Å². The summed E-state index contributed by atoms with van der Waals surface area (Å²) in [5.41, 5.74) is 7.24. The van der Waals surface area contributed by atoms with Crippen LogP contribution in [0.3, 0.4) is 0 Å². The zero-order chi connectivity index (χ0) is 12.7. The zero-order valence-electron chi connectivity index (χ0n) is 10.1. The number of nitrogens with one attached hydrogen (secondary N) is 1. The number of para-hydroxylation sites is 2. The number of hydrogen-bond donors (Lipinski definition) is 2. The molecule has 1 unspecified atom stereocenters. The summed E-state index contributed by atoms with van der Waals surface area (Å²) in [6.45, 7) is 0.406. The Morgan fingerprint density at radius 3 is 2.71 bits per heavy atom. The first-order valence-electron chi connectivity index (χ1n) is 5.34. The molecule has 0 spiro atoms. The molecule has 0 aromatic heterocycles. The molecular formula is C12H18N2O3. The number of rotatable bonds is 6. The molecule has 0 saturated heterocycles. The summed E-state index contributed by atoms with van der Waals surface area (Å²) in [4.78, 5) is 11.2. The Morgan fingerprint density at radius 2 is 2.12 bits per heavy atom. The van der Waals surface area contributed by atoms with Gasteiger partial charge >= 0.3 is 5.97 Å². The lowest BCUT2D eigenvalue weighted by Gasteiger charge is -2.19. The molecule has 1 aromatic carbocycles. The predicted octanol–water partition coefficient (Wildman–Crippen LogP) is 1.26. The van der Waals surface area contributed by atoms with Gasteiger partial charge in [-0.2, -0.15) is 0 Å². The molecule has 0 radical (unpaired) electrons. The van der Waals surface area contributed by atoms with E-state index in [0.717, 1.165) is 5.69 Å². The number of nitrogen functional groups attached to an aromatic ring is 1. The summed E-state index contributed by atoms with van der Waals surface area (Å²) in [5.74, 6) is -0.283. The van der Waals surface area contributed by atoms with Crippen molar-refractivity contribution in [3.8, 4) is 0 Å². The molecule has 3 N–H and O–H groups in total. The van der Waals surface area contributed by atoms with E-state index in [1.54, 1.807) is 13.2 Å². The Balaban J connectivity index is 2.66. The minimum atomic E-state index is -0.283. The molecule has 0 fully saturated rings. The Bertz CT molecular complexity index is 369. The van der Waals surface area contributed by atoms with Gasteiger partial charge in [-0.1, -0.05) is 12.1 Å². The van der Waals surface area contributed by atoms with E-state index in [1.165, 1.54) is 7.11 Å². The van der Waals surface area contributed by atoms with Gasteiger partial charge in [0.05, 0.1) is 37.6 Å². The lowest BCUT2D eigenvalue weighted by molar-refractivity contribution is -0.141. The van der Waals surface area contributed by atoms with Crippen LogP contribution in [0.15, 0.2) is 24.3 Å². The predicted molar refractivity (Wildman–Crippen MR) is 66.8 cm³/mol. The highest BCUT2D eigenvalue weighted by Crippen LogP contribution is 2.18. The number of anilines is 2. The van der Waals surface area contributed by atoms with Crippen LogP contribution in [0.5, 0.6) is 0 Å². The van der Waals surface area contributed by atoms with Crippen LogP contribution in [0, 0.1) is 0 Å². The number of esters is 1. The van der Waals surface area contributed by atoms with Gasteiger partial charge in [-0.05, 0) is 12.1 Å². The van der Waals surface area contributed by atoms with Gasteiger partial charge < -0.3 is 20.5 Å². The fourth-order valence-electron chi connectivity index (χ4n) is 1.49. The zero-order valence-corrected chi connectivity index (χ0v) is 10.1. The maximum absolute atomic E-state index is 11.2. The summed E-state index contributed by atoms with van der Waals surface area (Å²) in [6.07, 6.45) is 0.235. The van der Waals surface area contributed by atoms with Crippen LogP contribution in [-0.4, -0.2) is 32.8 Å². The van der Waals surface area contributed by atoms with E-state index in [2.05, 4.69) is 10.1 Å². The topological polar surface area (TPSA) is 73.6 Å². The highest BCUT2D eigenvalue weighted by atomic mass is 16.5. The molecule has 0 aliphatic heterocycles. The molecule has 0 saturated carbocycles. The molecule has 1 rings (SSSR count). The fraction of sp³-hybridized carbons (Fsp3) is 0.417. The Morgan fingerprint density at radius 1 is 1.41 bits per heavy atom. The van der Waals surface area contributed by atoms with Crippen molar-refractivity contribution in [2.75, 3.05) is 31.9 Å². The van der Waals surface area contributed by atoms with Crippen LogP contribution in [0.1, 0.15) is 6.42 Å². The number of hydrogen-bond acceptors (Lipinski definition) is 5. The number of methoxy groups -OCH3 is 2. The van der Waals surface area contributed by atoms with E-state index < -0.39 is 0 Å². The highest BCUT2D eigenvalue weighted by molar-refractivity contribution is 5.72. The average Bonchev–Trinajstić information content (AvgIpc) is 2.32. The van der Waals surface area contributed by atoms with E-state index in [-0.39, 0.29) is 18.4 Å². The molecule has 5 heteroatoms.